The molecule has 0 bridgehead atoms. The second-order valence-corrected chi connectivity index (χ2v) is 8.01. The van der Waals surface area contributed by atoms with Gasteiger partial charge in [0.25, 0.3) is 5.56 Å². The van der Waals surface area contributed by atoms with Gasteiger partial charge in [-0.2, -0.15) is 0 Å². The molecule has 3 heterocycles. The van der Waals surface area contributed by atoms with Crippen molar-refractivity contribution < 1.29 is 4.42 Å². The number of fused-ring (bicyclic) bond motifs is 3. The average Bonchev–Trinajstić information content (AvgIpc) is 3.40. The third-order valence-electron chi connectivity index (χ3n) is 5.32. The molecule has 0 aliphatic heterocycles. The van der Waals surface area contributed by atoms with E-state index in [-0.39, 0.29) is 5.56 Å². The van der Waals surface area contributed by atoms with Crippen LogP contribution in [0.2, 0.25) is 5.02 Å². The third kappa shape index (κ3) is 3.52. The van der Waals surface area contributed by atoms with Crippen molar-refractivity contribution in [1.82, 2.24) is 24.1 Å². The Labute approximate surface area is 183 Å². The van der Waals surface area contributed by atoms with E-state index in [2.05, 4.69) is 15.1 Å². The Morgan fingerprint density at radius 1 is 1.00 bits per heavy atom. The number of halogens is 1. The normalized spacial score (nSPS) is 11.7. The molecule has 0 N–H and O–H groups in total. The summed E-state index contributed by atoms with van der Waals surface area (Å²) in [6.45, 7) is 1.15. The summed E-state index contributed by atoms with van der Waals surface area (Å²) >= 11 is 5.97. The summed E-state index contributed by atoms with van der Waals surface area (Å²) in [5, 5.41) is 9.95. The molecule has 5 rings (SSSR count). The highest BCUT2D eigenvalue weighted by Crippen LogP contribution is 2.24. The minimum Gasteiger partial charge on any atom is -0.460 e. The lowest BCUT2D eigenvalue weighted by molar-refractivity contribution is 0.282. The van der Waals surface area contributed by atoms with E-state index >= 15 is 0 Å². The Kier molecular flexibility index (Phi) is 4.84. The van der Waals surface area contributed by atoms with Gasteiger partial charge in [0.2, 0.25) is 5.78 Å². The van der Waals surface area contributed by atoms with E-state index in [0.29, 0.717) is 29.3 Å². The minimum absolute atomic E-state index is 0.0827. The lowest BCUT2D eigenvalue weighted by Gasteiger charge is -2.15. The van der Waals surface area contributed by atoms with Crippen molar-refractivity contribution in [2.75, 3.05) is 7.05 Å². The van der Waals surface area contributed by atoms with Crippen LogP contribution in [0.3, 0.4) is 0 Å². The van der Waals surface area contributed by atoms with Gasteiger partial charge in [0.1, 0.15) is 11.5 Å². The number of furan rings is 1. The molecule has 0 fully saturated rings. The number of para-hydroxylation sites is 1. The standard InChI is InChI=1S/C23H20ClN5O2/c1-27(13-17-11-12-20(31-17)15-7-9-16(24)10-8-15)14-21-25-26-23-28(2)22(30)18-5-3-4-6-19(18)29(21)23/h3-12H,13-14H2,1-2H3. The van der Waals surface area contributed by atoms with Crippen LogP contribution in [0.4, 0.5) is 0 Å². The molecule has 156 valence electrons. The Morgan fingerprint density at radius 3 is 2.58 bits per heavy atom. The second kappa shape index (κ2) is 7.68. The first-order valence-electron chi connectivity index (χ1n) is 9.86. The molecule has 3 aromatic heterocycles. The molecule has 0 atom stereocenters. The number of benzene rings is 2. The maximum absolute atomic E-state index is 12.6. The van der Waals surface area contributed by atoms with Gasteiger partial charge >= 0.3 is 0 Å². The van der Waals surface area contributed by atoms with Gasteiger partial charge in [-0.3, -0.25) is 18.7 Å². The molecule has 2 aromatic carbocycles. The maximum atomic E-state index is 12.6. The SMILES string of the molecule is CN(Cc1ccc(-c2ccc(Cl)cc2)o1)Cc1nnc2n(C)c(=O)c3ccccc3n12. The zero-order valence-electron chi connectivity index (χ0n) is 17.1. The molecular weight excluding hydrogens is 414 g/mol. The summed E-state index contributed by atoms with van der Waals surface area (Å²) in [5.41, 5.74) is 1.70. The highest BCUT2D eigenvalue weighted by molar-refractivity contribution is 6.30. The molecule has 0 amide bonds. The van der Waals surface area contributed by atoms with E-state index in [1.165, 1.54) is 4.57 Å². The summed E-state index contributed by atoms with van der Waals surface area (Å²) in [7, 11) is 3.71. The molecule has 0 saturated heterocycles. The summed E-state index contributed by atoms with van der Waals surface area (Å²) < 4.78 is 9.49. The topological polar surface area (TPSA) is 68.6 Å². The van der Waals surface area contributed by atoms with E-state index in [9.17, 15) is 4.79 Å². The van der Waals surface area contributed by atoms with Crippen LogP contribution in [0, 0.1) is 0 Å². The van der Waals surface area contributed by atoms with Crippen LogP contribution in [0.15, 0.2) is 69.9 Å². The Hall–Kier alpha value is -3.42. The molecule has 0 unspecified atom stereocenters. The average molecular weight is 434 g/mol. The van der Waals surface area contributed by atoms with Gasteiger partial charge in [0, 0.05) is 17.6 Å². The van der Waals surface area contributed by atoms with Gasteiger partial charge in [-0.1, -0.05) is 23.7 Å². The zero-order valence-corrected chi connectivity index (χ0v) is 17.9. The first-order valence-corrected chi connectivity index (χ1v) is 10.2. The molecule has 0 radical (unpaired) electrons. The van der Waals surface area contributed by atoms with E-state index in [0.717, 1.165) is 28.4 Å². The quantitative estimate of drug-likeness (QED) is 0.417. The number of nitrogens with zero attached hydrogens (tertiary/aromatic N) is 5. The zero-order chi connectivity index (χ0) is 21.5. The smallest absolute Gasteiger partial charge is 0.262 e. The molecule has 5 aromatic rings. The predicted octanol–water partition coefficient (Wildman–Crippen LogP) is 4.13. The van der Waals surface area contributed by atoms with Gasteiger partial charge in [0.15, 0.2) is 5.82 Å². The highest BCUT2D eigenvalue weighted by Gasteiger charge is 2.16. The largest absolute Gasteiger partial charge is 0.460 e. The van der Waals surface area contributed by atoms with Crippen LogP contribution in [0.5, 0.6) is 0 Å². The fraction of sp³-hybridized carbons (Fsp3) is 0.174. The minimum atomic E-state index is -0.0827. The first-order chi connectivity index (χ1) is 15.0. The number of rotatable bonds is 5. The summed E-state index contributed by atoms with van der Waals surface area (Å²) in [6, 6.07) is 19.0. The van der Waals surface area contributed by atoms with Crippen molar-refractivity contribution in [2.24, 2.45) is 7.05 Å². The van der Waals surface area contributed by atoms with E-state index < -0.39 is 0 Å². The van der Waals surface area contributed by atoms with Crippen molar-refractivity contribution in [2.45, 2.75) is 13.1 Å². The molecule has 8 heteroatoms. The predicted molar refractivity (Wildman–Crippen MR) is 120 cm³/mol. The van der Waals surface area contributed by atoms with Crippen molar-refractivity contribution in [3.63, 3.8) is 0 Å². The van der Waals surface area contributed by atoms with Gasteiger partial charge < -0.3 is 4.42 Å². The van der Waals surface area contributed by atoms with Crippen LogP contribution in [0.1, 0.15) is 11.6 Å². The third-order valence-corrected chi connectivity index (χ3v) is 5.57. The van der Waals surface area contributed by atoms with Gasteiger partial charge in [0.05, 0.1) is 24.0 Å². The number of aromatic nitrogens is 4. The van der Waals surface area contributed by atoms with Gasteiger partial charge in [-0.05, 0) is 55.6 Å². The van der Waals surface area contributed by atoms with Crippen molar-refractivity contribution in [3.8, 4) is 11.3 Å². The fourth-order valence-electron chi connectivity index (χ4n) is 3.79. The van der Waals surface area contributed by atoms with Gasteiger partial charge in [-0.15, -0.1) is 10.2 Å². The van der Waals surface area contributed by atoms with Crippen LogP contribution >= 0.6 is 11.6 Å². The molecule has 7 nitrogen and oxygen atoms in total. The van der Waals surface area contributed by atoms with Crippen LogP contribution in [0.25, 0.3) is 28.0 Å². The van der Waals surface area contributed by atoms with Crippen molar-refractivity contribution in [1.29, 1.82) is 0 Å². The lowest BCUT2D eigenvalue weighted by atomic mass is 10.2. The van der Waals surface area contributed by atoms with Crippen molar-refractivity contribution >= 4 is 28.3 Å². The summed E-state index contributed by atoms with van der Waals surface area (Å²) in [6.07, 6.45) is 0. The lowest BCUT2D eigenvalue weighted by Crippen LogP contribution is -2.22. The van der Waals surface area contributed by atoms with Gasteiger partial charge in [-0.25, -0.2) is 0 Å². The first kappa shape index (κ1) is 19.5. The molecule has 0 aliphatic rings. The molecule has 0 aliphatic carbocycles. The van der Waals surface area contributed by atoms with E-state index in [4.69, 9.17) is 16.0 Å². The Morgan fingerprint density at radius 2 is 1.77 bits per heavy atom. The molecule has 31 heavy (non-hydrogen) atoms. The summed E-state index contributed by atoms with van der Waals surface area (Å²) in [4.78, 5) is 14.7. The highest BCUT2D eigenvalue weighted by atomic mass is 35.5. The van der Waals surface area contributed by atoms with E-state index in [1.807, 2.05) is 72.1 Å². The molecule has 0 spiro atoms. The van der Waals surface area contributed by atoms with Crippen LogP contribution < -0.4 is 5.56 Å². The maximum Gasteiger partial charge on any atom is 0.262 e. The number of aryl methyl sites for hydroxylation is 1. The number of hydrogen-bond acceptors (Lipinski definition) is 5. The van der Waals surface area contributed by atoms with Crippen LogP contribution in [-0.2, 0) is 20.1 Å². The Balaban J connectivity index is 1.42. The Bertz CT molecular complexity index is 1450. The molecule has 0 saturated carbocycles. The molecular formula is C23H20ClN5O2. The van der Waals surface area contributed by atoms with E-state index in [1.54, 1.807) is 7.05 Å². The number of hydrogen-bond donors (Lipinski definition) is 0. The monoisotopic (exact) mass is 433 g/mol. The van der Waals surface area contributed by atoms with Crippen molar-refractivity contribution in [3.05, 3.63) is 87.6 Å². The fourth-order valence-corrected chi connectivity index (χ4v) is 3.92. The second-order valence-electron chi connectivity index (χ2n) is 7.58. The van der Waals surface area contributed by atoms with Crippen LogP contribution in [-0.4, -0.2) is 31.1 Å². The summed E-state index contributed by atoms with van der Waals surface area (Å²) in [5.74, 6) is 2.93.